The molecule has 4 nitrogen and oxygen atoms in total. The van der Waals surface area contributed by atoms with E-state index >= 15 is 0 Å². The molecule has 0 spiro atoms. The summed E-state index contributed by atoms with van der Waals surface area (Å²) in [5.41, 5.74) is 6.68. The fourth-order valence-electron chi connectivity index (χ4n) is 2.14. The van der Waals surface area contributed by atoms with E-state index in [-0.39, 0.29) is 12.5 Å². The molecule has 2 rings (SSSR count). The lowest BCUT2D eigenvalue weighted by Gasteiger charge is -2.08. The van der Waals surface area contributed by atoms with E-state index in [1.165, 1.54) is 11.1 Å². The number of ether oxygens (including phenoxy) is 1. The van der Waals surface area contributed by atoms with Crippen LogP contribution in [0.25, 0.3) is 0 Å². The predicted molar refractivity (Wildman–Crippen MR) is 97.6 cm³/mol. The van der Waals surface area contributed by atoms with Gasteiger partial charge in [0, 0.05) is 0 Å². The molecule has 0 saturated heterocycles. The normalized spacial score (nSPS) is 11.5. The number of nitrogens with zero attached hydrogens (tertiary/aromatic N) is 1. The van der Waals surface area contributed by atoms with Crippen LogP contribution < -0.4 is 10.2 Å². The zero-order valence-electron chi connectivity index (χ0n) is 14.7. The molecule has 2 aromatic rings. The second kappa shape index (κ2) is 8.29. The maximum atomic E-state index is 11.8. The summed E-state index contributed by atoms with van der Waals surface area (Å²) in [5, 5.41) is 4.11. The first-order valence-corrected chi connectivity index (χ1v) is 8.08. The Labute approximate surface area is 143 Å². The molecular formula is C20H24N2O2. The van der Waals surface area contributed by atoms with Crippen molar-refractivity contribution in [1.29, 1.82) is 0 Å². The van der Waals surface area contributed by atoms with Crippen molar-refractivity contribution < 1.29 is 9.53 Å². The Morgan fingerprint density at radius 1 is 1.08 bits per heavy atom. The van der Waals surface area contributed by atoms with Gasteiger partial charge in [-0.15, -0.1) is 0 Å². The van der Waals surface area contributed by atoms with Crippen LogP contribution in [0.5, 0.6) is 5.75 Å². The molecule has 0 aliphatic heterocycles. The maximum absolute atomic E-state index is 11.8. The van der Waals surface area contributed by atoms with Gasteiger partial charge in [0.1, 0.15) is 5.75 Å². The molecule has 0 fully saturated rings. The molecule has 1 amide bonds. The number of benzene rings is 2. The molecule has 24 heavy (non-hydrogen) atoms. The number of nitrogens with one attached hydrogen (secondary N) is 1. The molecule has 0 aromatic heterocycles. The molecule has 1 N–H and O–H groups in total. The van der Waals surface area contributed by atoms with Crippen LogP contribution in [0.1, 0.15) is 43.4 Å². The first-order chi connectivity index (χ1) is 11.5. The summed E-state index contributed by atoms with van der Waals surface area (Å²) in [5.74, 6) is 0.865. The highest BCUT2D eigenvalue weighted by Crippen LogP contribution is 2.18. The molecule has 126 valence electrons. The molecule has 0 atom stereocenters. The van der Waals surface area contributed by atoms with Crippen LogP contribution in [0.3, 0.4) is 0 Å². The Kier molecular flexibility index (Phi) is 6.13. The average Bonchev–Trinajstić information content (AvgIpc) is 2.58. The molecular weight excluding hydrogens is 300 g/mol. The lowest BCUT2D eigenvalue weighted by atomic mass is 10.0. The Balaban J connectivity index is 1.84. The van der Waals surface area contributed by atoms with E-state index in [0.717, 1.165) is 11.3 Å². The van der Waals surface area contributed by atoms with Crippen molar-refractivity contribution in [3.05, 3.63) is 65.2 Å². The van der Waals surface area contributed by atoms with E-state index in [4.69, 9.17) is 4.74 Å². The number of amides is 1. The number of hydrogen-bond acceptors (Lipinski definition) is 3. The fourth-order valence-corrected chi connectivity index (χ4v) is 2.14. The van der Waals surface area contributed by atoms with Crippen LogP contribution in [0.2, 0.25) is 0 Å². The summed E-state index contributed by atoms with van der Waals surface area (Å²) in [6, 6.07) is 15.8. The predicted octanol–water partition coefficient (Wildman–Crippen LogP) is 4.04. The van der Waals surface area contributed by atoms with Crippen LogP contribution in [-0.4, -0.2) is 18.2 Å². The minimum absolute atomic E-state index is 0.0638. The summed E-state index contributed by atoms with van der Waals surface area (Å²) in [4.78, 5) is 11.8. The molecule has 2 aromatic carbocycles. The van der Waals surface area contributed by atoms with E-state index < -0.39 is 0 Å². The van der Waals surface area contributed by atoms with Gasteiger partial charge in [-0.3, -0.25) is 4.79 Å². The molecule has 0 aliphatic rings. The third-order valence-electron chi connectivity index (χ3n) is 3.73. The van der Waals surface area contributed by atoms with Gasteiger partial charge in [0.15, 0.2) is 6.61 Å². The highest BCUT2D eigenvalue weighted by molar-refractivity contribution is 5.99. The molecule has 0 saturated carbocycles. The minimum atomic E-state index is -0.283. The van der Waals surface area contributed by atoms with E-state index in [9.17, 15) is 4.79 Å². The topological polar surface area (TPSA) is 50.7 Å². The first kappa shape index (κ1) is 17.7. The number of carbonyl (C=O) groups excluding carboxylic acids is 1. The second-order valence-corrected chi connectivity index (χ2v) is 6.11. The Bertz CT molecular complexity index is 701. The van der Waals surface area contributed by atoms with Gasteiger partial charge in [0.2, 0.25) is 0 Å². The third-order valence-corrected chi connectivity index (χ3v) is 3.73. The summed E-state index contributed by atoms with van der Waals surface area (Å²) in [6.45, 7) is 8.10. The number of hydrazone groups is 1. The first-order valence-electron chi connectivity index (χ1n) is 8.08. The molecule has 4 heteroatoms. The van der Waals surface area contributed by atoms with Crippen molar-refractivity contribution >= 4 is 11.6 Å². The summed E-state index contributed by atoms with van der Waals surface area (Å²) < 4.78 is 5.47. The van der Waals surface area contributed by atoms with Crippen molar-refractivity contribution in [2.24, 2.45) is 5.10 Å². The number of rotatable bonds is 6. The molecule has 0 radical (unpaired) electrons. The Hall–Kier alpha value is -2.62. The van der Waals surface area contributed by atoms with Crippen LogP contribution >= 0.6 is 0 Å². The van der Waals surface area contributed by atoms with E-state index in [2.05, 4.69) is 24.4 Å². The van der Waals surface area contributed by atoms with Gasteiger partial charge < -0.3 is 4.74 Å². The van der Waals surface area contributed by atoms with Gasteiger partial charge in [-0.1, -0.05) is 55.8 Å². The number of carbonyl (C=O) groups is 1. The quantitative estimate of drug-likeness (QED) is 0.644. The zero-order valence-corrected chi connectivity index (χ0v) is 14.7. The molecule has 0 unspecified atom stereocenters. The van der Waals surface area contributed by atoms with Crippen LogP contribution in [0, 0.1) is 6.92 Å². The van der Waals surface area contributed by atoms with Gasteiger partial charge in [-0.25, -0.2) is 5.43 Å². The van der Waals surface area contributed by atoms with E-state index in [1.54, 1.807) is 0 Å². The van der Waals surface area contributed by atoms with Crippen LogP contribution in [-0.2, 0) is 4.79 Å². The van der Waals surface area contributed by atoms with Crippen molar-refractivity contribution in [2.75, 3.05) is 6.61 Å². The highest BCUT2D eigenvalue weighted by Gasteiger charge is 2.04. The summed E-state index contributed by atoms with van der Waals surface area (Å²) >= 11 is 0. The fraction of sp³-hybridized carbons (Fsp3) is 0.300. The van der Waals surface area contributed by atoms with Crippen LogP contribution in [0.4, 0.5) is 0 Å². The second-order valence-electron chi connectivity index (χ2n) is 6.11. The number of aryl methyl sites for hydroxylation is 1. The molecule has 0 bridgehead atoms. The van der Waals surface area contributed by atoms with Crippen molar-refractivity contribution in [2.45, 2.75) is 33.6 Å². The minimum Gasteiger partial charge on any atom is -0.484 e. The van der Waals surface area contributed by atoms with E-state index in [1.807, 2.05) is 62.4 Å². The van der Waals surface area contributed by atoms with Gasteiger partial charge in [0.25, 0.3) is 5.91 Å². The third kappa shape index (κ3) is 5.23. The van der Waals surface area contributed by atoms with Gasteiger partial charge in [-0.05, 0) is 43.0 Å². The van der Waals surface area contributed by atoms with E-state index in [0.29, 0.717) is 11.7 Å². The lowest BCUT2D eigenvalue weighted by molar-refractivity contribution is -0.123. The van der Waals surface area contributed by atoms with Crippen molar-refractivity contribution in [1.82, 2.24) is 5.43 Å². The average molecular weight is 324 g/mol. The Morgan fingerprint density at radius 3 is 2.29 bits per heavy atom. The standard InChI is InChI=1S/C20H24N2O2/c1-14(2)17-9-11-19(12-10-17)24-13-20(23)22-21-16(4)18-7-5-15(3)6-8-18/h5-12,14H,13H2,1-4H3,(H,22,23). The summed E-state index contributed by atoms with van der Waals surface area (Å²) in [7, 11) is 0. The molecule has 0 aliphatic carbocycles. The van der Waals surface area contributed by atoms with Gasteiger partial charge >= 0.3 is 0 Å². The van der Waals surface area contributed by atoms with Crippen molar-refractivity contribution in [3.63, 3.8) is 0 Å². The van der Waals surface area contributed by atoms with Crippen molar-refractivity contribution in [3.8, 4) is 5.75 Å². The highest BCUT2D eigenvalue weighted by atomic mass is 16.5. The monoisotopic (exact) mass is 324 g/mol. The van der Waals surface area contributed by atoms with Crippen LogP contribution in [0.15, 0.2) is 53.6 Å². The SMILES string of the molecule is CC(=NNC(=O)COc1ccc(C(C)C)cc1)c1ccc(C)cc1. The number of hydrogen-bond donors (Lipinski definition) is 1. The molecule has 0 heterocycles. The smallest absolute Gasteiger partial charge is 0.277 e. The Morgan fingerprint density at radius 2 is 1.71 bits per heavy atom. The van der Waals surface area contributed by atoms with Gasteiger partial charge in [-0.2, -0.15) is 5.10 Å². The summed E-state index contributed by atoms with van der Waals surface area (Å²) in [6.07, 6.45) is 0. The maximum Gasteiger partial charge on any atom is 0.277 e. The largest absolute Gasteiger partial charge is 0.484 e. The lowest BCUT2D eigenvalue weighted by Crippen LogP contribution is -2.25. The van der Waals surface area contributed by atoms with Gasteiger partial charge in [0.05, 0.1) is 5.71 Å². The zero-order chi connectivity index (χ0) is 17.5.